The number of aromatic nitrogens is 3. The molecule has 7 nitrogen and oxygen atoms in total. The molecule has 9 heteroatoms. The monoisotopic (exact) mass is 367 g/mol. The van der Waals surface area contributed by atoms with E-state index in [0.717, 1.165) is 30.4 Å². The molecule has 2 aromatic rings. The first-order valence-electron chi connectivity index (χ1n) is 7.20. The maximum absolute atomic E-state index is 11.5. The molecule has 0 radical (unpaired) electrons. The number of hydrogen-bond donors (Lipinski definition) is 2. The third-order valence-electron chi connectivity index (χ3n) is 3.19. The minimum absolute atomic E-state index is 0.0535. The fourth-order valence-electron chi connectivity index (χ4n) is 2.09. The van der Waals surface area contributed by atoms with Crippen LogP contribution >= 0.6 is 23.4 Å². The molecule has 1 aromatic heterocycles. The summed E-state index contributed by atoms with van der Waals surface area (Å²) in [6.07, 6.45) is 3.15. The molecule has 1 aliphatic rings. The summed E-state index contributed by atoms with van der Waals surface area (Å²) in [5.74, 6) is 0.713. The topological polar surface area (TPSA) is 97.3 Å². The average molecular weight is 368 g/mol. The van der Waals surface area contributed by atoms with Gasteiger partial charge in [0.05, 0.1) is 5.02 Å². The third kappa shape index (κ3) is 3.65. The van der Waals surface area contributed by atoms with E-state index < -0.39 is 5.97 Å². The van der Waals surface area contributed by atoms with Gasteiger partial charge < -0.3 is 14.6 Å². The second kappa shape index (κ2) is 7.14. The van der Waals surface area contributed by atoms with Crippen molar-refractivity contribution in [3.63, 3.8) is 0 Å². The lowest BCUT2D eigenvalue weighted by atomic mass is 10.2. The van der Waals surface area contributed by atoms with Gasteiger partial charge in [0, 0.05) is 12.5 Å². The maximum Gasteiger partial charge on any atom is 0.342 e. The van der Waals surface area contributed by atoms with Gasteiger partial charge in [0.1, 0.15) is 10.7 Å². The molecular formula is C15H14ClN3O4S. The van der Waals surface area contributed by atoms with Gasteiger partial charge in [0.25, 0.3) is 0 Å². The van der Waals surface area contributed by atoms with Crippen molar-refractivity contribution in [2.75, 3.05) is 6.79 Å². The van der Waals surface area contributed by atoms with Crippen LogP contribution in [0.4, 0.5) is 0 Å². The van der Waals surface area contributed by atoms with Crippen LogP contribution in [0, 0.1) is 0 Å². The number of carboxylic acid groups (broad SMARTS) is 1. The molecule has 0 fully saturated rings. The Morgan fingerprint density at radius 1 is 1.46 bits per heavy atom. The van der Waals surface area contributed by atoms with Crippen LogP contribution in [0.5, 0.6) is 11.5 Å². The van der Waals surface area contributed by atoms with Gasteiger partial charge in [-0.25, -0.2) is 9.78 Å². The molecule has 2 heterocycles. The Bertz CT molecular complexity index is 806. The smallest absolute Gasteiger partial charge is 0.342 e. The predicted molar refractivity (Wildman–Crippen MR) is 89.4 cm³/mol. The number of hydrogen-bond acceptors (Lipinski definition) is 6. The molecule has 0 amide bonds. The van der Waals surface area contributed by atoms with Gasteiger partial charge in [-0.2, -0.15) is 0 Å². The molecule has 0 aliphatic carbocycles. The molecule has 0 bridgehead atoms. The molecule has 0 atom stereocenters. The largest absolute Gasteiger partial charge is 0.477 e. The van der Waals surface area contributed by atoms with Crippen molar-refractivity contribution in [1.82, 2.24) is 15.2 Å². The van der Waals surface area contributed by atoms with Gasteiger partial charge in [-0.3, -0.25) is 5.10 Å². The number of carbonyl (C=O) groups is 1. The first-order chi connectivity index (χ1) is 11.6. The molecule has 1 aliphatic heterocycles. The standard InChI is InChI=1S/C15H14ClN3O4S/c1-2-3-13-17-15(19-18-13)24-12(14(20)21)5-8-4-10-11(6-9(8)16)23-7-22-10/h4-6H,2-3,7H2,1H3,(H,20,21)(H,17,18,19)/b12-5-. The summed E-state index contributed by atoms with van der Waals surface area (Å²) in [6, 6.07) is 3.25. The highest BCUT2D eigenvalue weighted by Gasteiger charge is 2.18. The second-order valence-corrected chi connectivity index (χ2v) is 6.37. The number of aromatic amines is 1. The predicted octanol–water partition coefficient (Wildman–Crippen LogP) is 3.36. The Labute approximate surface area is 147 Å². The zero-order chi connectivity index (χ0) is 17.1. The number of halogens is 1. The first-order valence-corrected chi connectivity index (χ1v) is 8.39. The summed E-state index contributed by atoms with van der Waals surface area (Å²) in [7, 11) is 0. The summed E-state index contributed by atoms with van der Waals surface area (Å²) in [5, 5.41) is 17.0. The van der Waals surface area contributed by atoms with E-state index >= 15 is 0 Å². The van der Waals surface area contributed by atoms with E-state index in [0.29, 0.717) is 27.2 Å². The third-order valence-corrected chi connectivity index (χ3v) is 4.39. The fourth-order valence-corrected chi connectivity index (χ4v) is 3.02. The molecule has 1 aromatic carbocycles. The number of thioether (sulfide) groups is 1. The van der Waals surface area contributed by atoms with Crippen LogP contribution in [0.1, 0.15) is 24.7 Å². The summed E-state index contributed by atoms with van der Waals surface area (Å²) in [4.78, 5) is 15.8. The van der Waals surface area contributed by atoms with Gasteiger partial charge in [0.15, 0.2) is 11.5 Å². The van der Waals surface area contributed by atoms with Gasteiger partial charge in [-0.1, -0.05) is 18.5 Å². The van der Waals surface area contributed by atoms with Crippen LogP contribution in [-0.2, 0) is 11.2 Å². The number of carboxylic acids is 1. The number of rotatable bonds is 6. The Morgan fingerprint density at radius 2 is 2.21 bits per heavy atom. The van der Waals surface area contributed by atoms with E-state index in [1.165, 1.54) is 6.08 Å². The molecule has 126 valence electrons. The number of aliphatic carboxylic acids is 1. The number of ether oxygens (including phenoxy) is 2. The number of nitrogens with zero attached hydrogens (tertiary/aromatic N) is 2. The molecule has 0 saturated carbocycles. The van der Waals surface area contributed by atoms with E-state index in [1.807, 2.05) is 6.92 Å². The molecule has 24 heavy (non-hydrogen) atoms. The SMILES string of the molecule is CCCc1nc(S/C(=C\c2cc3c(cc2Cl)OCO3)C(=O)O)n[nH]1. The summed E-state index contributed by atoms with van der Waals surface area (Å²) >= 11 is 7.14. The van der Waals surface area contributed by atoms with Crippen LogP contribution in [0.3, 0.4) is 0 Å². The van der Waals surface area contributed by atoms with Crippen molar-refractivity contribution in [3.05, 3.63) is 33.4 Å². The van der Waals surface area contributed by atoms with Gasteiger partial charge in [0.2, 0.25) is 11.9 Å². The Morgan fingerprint density at radius 3 is 2.92 bits per heavy atom. The molecule has 3 rings (SSSR count). The zero-order valence-corrected chi connectivity index (χ0v) is 14.3. The fraction of sp³-hybridized carbons (Fsp3) is 0.267. The van der Waals surface area contributed by atoms with E-state index in [9.17, 15) is 9.90 Å². The van der Waals surface area contributed by atoms with Crippen molar-refractivity contribution in [1.29, 1.82) is 0 Å². The van der Waals surface area contributed by atoms with Crippen LogP contribution < -0.4 is 9.47 Å². The number of nitrogens with one attached hydrogen (secondary N) is 1. The Hall–Kier alpha value is -2.19. The van der Waals surface area contributed by atoms with Gasteiger partial charge >= 0.3 is 5.97 Å². The molecule has 0 unspecified atom stereocenters. The molecule has 0 saturated heterocycles. The van der Waals surface area contributed by atoms with Gasteiger partial charge in [-0.05, 0) is 35.9 Å². The highest BCUT2D eigenvalue weighted by atomic mass is 35.5. The minimum Gasteiger partial charge on any atom is -0.477 e. The number of H-pyrrole nitrogens is 1. The summed E-state index contributed by atoms with van der Waals surface area (Å²) < 4.78 is 10.5. The maximum atomic E-state index is 11.5. The van der Waals surface area contributed by atoms with Crippen molar-refractivity contribution in [2.45, 2.75) is 24.9 Å². The van der Waals surface area contributed by atoms with Crippen LogP contribution in [-0.4, -0.2) is 33.1 Å². The number of aryl methyl sites for hydroxylation is 1. The second-order valence-electron chi connectivity index (χ2n) is 4.96. The van der Waals surface area contributed by atoms with Crippen molar-refractivity contribution in [2.24, 2.45) is 0 Å². The van der Waals surface area contributed by atoms with E-state index in [-0.39, 0.29) is 11.7 Å². The summed E-state index contributed by atoms with van der Waals surface area (Å²) in [6.45, 7) is 2.15. The number of fused-ring (bicyclic) bond motifs is 1. The van der Waals surface area contributed by atoms with Crippen LogP contribution in [0.25, 0.3) is 6.08 Å². The number of benzene rings is 1. The lowest BCUT2D eigenvalue weighted by Crippen LogP contribution is -1.97. The lowest BCUT2D eigenvalue weighted by molar-refractivity contribution is -0.131. The van der Waals surface area contributed by atoms with Gasteiger partial charge in [-0.15, -0.1) is 5.10 Å². The van der Waals surface area contributed by atoms with E-state index in [2.05, 4.69) is 15.2 Å². The molecule has 0 spiro atoms. The quantitative estimate of drug-likeness (QED) is 0.596. The van der Waals surface area contributed by atoms with Crippen LogP contribution in [0.2, 0.25) is 5.02 Å². The van der Waals surface area contributed by atoms with E-state index in [4.69, 9.17) is 21.1 Å². The molecule has 2 N–H and O–H groups in total. The lowest BCUT2D eigenvalue weighted by Gasteiger charge is -2.04. The van der Waals surface area contributed by atoms with Crippen molar-refractivity contribution < 1.29 is 19.4 Å². The van der Waals surface area contributed by atoms with E-state index in [1.54, 1.807) is 12.1 Å². The molecular weight excluding hydrogens is 354 g/mol. The Balaban J connectivity index is 1.87. The van der Waals surface area contributed by atoms with Crippen molar-refractivity contribution >= 4 is 35.4 Å². The summed E-state index contributed by atoms with van der Waals surface area (Å²) in [5.41, 5.74) is 0.523. The first kappa shape index (κ1) is 16.7. The average Bonchev–Trinajstić information content (AvgIpc) is 3.16. The minimum atomic E-state index is -1.09. The van der Waals surface area contributed by atoms with Crippen LogP contribution in [0.15, 0.2) is 22.2 Å². The van der Waals surface area contributed by atoms with Crippen molar-refractivity contribution in [3.8, 4) is 11.5 Å². The zero-order valence-electron chi connectivity index (χ0n) is 12.7. The Kier molecular flexibility index (Phi) is 4.96. The highest BCUT2D eigenvalue weighted by molar-refractivity contribution is 8.04. The highest BCUT2D eigenvalue weighted by Crippen LogP contribution is 2.38. The normalized spacial score (nSPS) is 13.3.